The van der Waals surface area contributed by atoms with Crippen molar-refractivity contribution in [2.24, 2.45) is 10.7 Å². The average Bonchev–Trinajstić information content (AvgIpc) is 3.06. The third-order valence-corrected chi connectivity index (χ3v) is 10.8. The van der Waals surface area contributed by atoms with E-state index >= 15 is 0 Å². The number of ether oxygens (including phenoxy) is 1. The lowest BCUT2D eigenvalue weighted by atomic mass is 9.50. The van der Waals surface area contributed by atoms with E-state index in [0.29, 0.717) is 19.0 Å². The van der Waals surface area contributed by atoms with Crippen molar-refractivity contribution in [2.45, 2.75) is 139 Å². The number of piperidine rings is 2. The summed E-state index contributed by atoms with van der Waals surface area (Å²) in [6.07, 6.45) is 7.59. The second-order valence-corrected chi connectivity index (χ2v) is 15.5. The molecule has 0 saturated carbocycles. The number of nitrogens with one attached hydrogen (secondary N) is 1. The molecule has 40 heavy (non-hydrogen) atoms. The summed E-state index contributed by atoms with van der Waals surface area (Å²) in [5, 5.41) is 3.84. The first kappa shape index (κ1) is 28.4. The number of aliphatic imine (C=N–C) groups is 1. The summed E-state index contributed by atoms with van der Waals surface area (Å²) in [5.74, 6) is 2.33. The molecule has 0 aliphatic carbocycles. The van der Waals surface area contributed by atoms with Gasteiger partial charge in [0.15, 0.2) is 5.82 Å². The lowest BCUT2D eigenvalue weighted by Crippen LogP contribution is -2.82. The molecule has 5 aliphatic heterocycles. The van der Waals surface area contributed by atoms with Crippen LogP contribution >= 0.6 is 0 Å². The second-order valence-electron chi connectivity index (χ2n) is 15.5. The lowest BCUT2D eigenvalue weighted by Gasteiger charge is -2.66. The van der Waals surface area contributed by atoms with E-state index in [-0.39, 0.29) is 28.2 Å². The van der Waals surface area contributed by atoms with Crippen molar-refractivity contribution >= 4 is 11.7 Å². The van der Waals surface area contributed by atoms with Crippen LogP contribution in [0.3, 0.4) is 0 Å². The SMILES string of the molecule is CC1(C)CC(N=C2C(C)(C)N3CCCCCCC4(c5nc(N6CCOCC6)nc(n5)C24N)C3(C)C)CC(C)(C)N1. The first-order chi connectivity index (χ1) is 18.6. The van der Waals surface area contributed by atoms with Crippen LogP contribution in [0, 0.1) is 0 Å². The molecule has 4 fully saturated rings. The molecule has 0 amide bonds. The highest BCUT2D eigenvalue weighted by atomic mass is 16.5. The topological polar surface area (TPSA) is 105 Å². The quantitative estimate of drug-likeness (QED) is 0.572. The number of rotatable bonds is 2. The van der Waals surface area contributed by atoms with Crippen molar-refractivity contribution in [3.05, 3.63) is 11.6 Å². The molecule has 3 N–H and O–H groups in total. The Bertz CT molecular complexity index is 1170. The standard InChI is InChI=1S/C31H52N8O/c1-26(2)19-21(20-27(3,4)37-26)33-22-28(5,6)39-14-12-10-9-11-13-30(29(39,7)8)23-34-24(31(22,30)32)36-25(35-23)38-15-17-40-18-16-38/h21,37H,9-20,32H2,1-8H3. The molecule has 6 rings (SSSR count). The molecule has 3 unspecified atom stereocenters. The highest BCUT2D eigenvalue weighted by Crippen LogP contribution is 2.62. The molecule has 9 heteroatoms. The molecule has 9 nitrogen and oxygen atoms in total. The van der Waals surface area contributed by atoms with E-state index in [1.54, 1.807) is 0 Å². The van der Waals surface area contributed by atoms with Crippen LogP contribution in [0.25, 0.3) is 0 Å². The van der Waals surface area contributed by atoms with Crippen molar-refractivity contribution < 1.29 is 4.74 Å². The van der Waals surface area contributed by atoms with Gasteiger partial charge in [0.1, 0.15) is 11.4 Å². The van der Waals surface area contributed by atoms with Gasteiger partial charge in [0.2, 0.25) is 5.95 Å². The zero-order valence-electron chi connectivity index (χ0n) is 26.2. The summed E-state index contributed by atoms with van der Waals surface area (Å²) in [4.78, 5) is 26.4. The third kappa shape index (κ3) is 4.01. The van der Waals surface area contributed by atoms with Crippen molar-refractivity contribution in [1.29, 1.82) is 0 Å². The molecule has 222 valence electrons. The normalized spacial score (nSPS) is 37.4. The highest BCUT2D eigenvalue weighted by molar-refractivity contribution is 6.04. The number of anilines is 1. The van der Waals surface area contributed by atoms with Gasteiger partial charge >= 0.3 is 0 Å². The Morgan fingerprint density at radius 3 is 2.12 bits per heavy atom. The number of hydrogen-bond acceptors (Lipinski definition) is 9. The van der Waals surface area contributed by atoms with E-state index < -0.39 is 11.0 Å². The largest absolute Gasteiger partial charge is 0.378 e. The average molecular weight is 553 g/mol. The van der Waals surface area contributed by atoms with E-state index in [4.69, 9.17) is 30.4 Å². The maximum Gasteiger partial charge on any atom is 0.229 e. The number of morpholine rings is 1. The lowest BCUT2D eigenvalue weighted by molar-refractivity contribution is -0.0598. The zero-order valence-corrected chi connectivity index (χ0v) is 26.2. The van der Waals surface area contributed by atoms with Crippen LogP contribution in [0.15, 0.2) is 4.99 Å². The van der Waals surface area contributed by atoms with E-state index in [0.717, 1.165) is 62.8 Å². The van der Waals surface area contributed by atoms with E-state index in [2.05, 4.69) is 70.5 Å². The summed E-state index contributed by atoms with van der Waals surface area (Å²) in [6, 6.07) is 0.164. The molecule has 1 aromatic heterocycles. The first-order valence-corrected chi connectivity index (χ1v) is 15.7. The molecule has 3 atom stereocenters. The maximum absolute atomic E-state index is 7.97. The fourth-order valence-electron chi connectivity index (χ4n) is 9.60. The minimum absolute atomic E-state index is 0.00909. The van der Waals surface area contributed by atoms with Gasteiger partial charge < -0.3 is 20.7 Å². The van der Waals surface area contributed by atoms with Gasteiger partial charge in [-0.2, -0.15) is 9.97 Å². The summed E-state index contributed by atoms with van der Waals surface area (Å²) >= 11 is 0. The molecule has 6 heterocycles. The van der Waals surface area contributed by atoms with E-state index in [1.165, 1.54) is 19.3 Å². The first-order valence-electron chi connectivity index (χ1n) is 15.7. The van der Waals surface area contributed by atoms with Gasteiger partial charge in [0.05, 0.1) is 35.9 Å². The van der Waals surface area contributed by atoms with Crippen LogP contribution in [-0.2, 0) is 15.7 Å². The third-order valence-electron chi connectivity index (χ3n) is 10.8. The second kappa shape index (κ2) is 9.16. The van der Waals surface area contributed by atoms with Gasteiger partial charge in [-0.3, -0.25) is 9.89 Å². The Balaban J connectivity index is 1.59. The Kier molecular flexibility index (Phi) is 6.51. The van der Waals surface area contributed by atoms with Crippen molar-refractivity contribution in [1.82, 2.24) is 25.2 Å². The molecule has 1 aromatic rings. The number of nitrogens with two attached hydrogens (primary N) is 1. The van der Waals surface area contributed by atoms with Crippen LogP contribution in [0.1, 0.15) is 112 Å². The van der Waals surface area contributed by atoms with Crippen LogP contribution < -0.4 is 16.0 Å². The van der Waals surface area contributed by atoms with Crippen molar-refractivity contribution in [3.63, 3.8) is 0 Å². The Morgan fingerprint density at radius 2 is 1.45 bits per heavy atom. The zero-order chi connectivity index (χ0) is 28.8. The Morgan fingerprint density at radius 1 is 0.825 bits per heavy atom. The van der Waals surface area contributed by atoms with Crippen LogP contribution in [0.5, 0.6) is 0 Å². The molecular formula is C31H52N8O. The number of fused-ring (bicyclic) bond motifs is 4. The summed E-state index contributed by atoms with van der Waals surface area (Å²) in [7, 11) is 0. The smallest absolute Gasteiger partial charge is 0.229 e. The highest BCUT2D eigenvalue weighted by Gasteiger charge is 2.75. The van der Waals surface area contributed by atoms with Gasteiger partial charge in [-0.25, -0.2) is 4.98 Å². The monoisotopic (exact) mass is 552 g/mol. The molecule has 5 aliphatic rings. The van der Waals surface area contributed by atoms with E-state index in [1.807, 2.05) is 0 Å². The fraction of sp³-hybridized carbons (Fsp3) is 0.871. The number of nitrogens with zero attached hydrogens (tertiary/aromatic N) is 6. The van der Waals surface area contributed by atoms with Gasteiger partial charge in [-0.15, -0.1) is 0 Å². The predicted molar refractivity (Wildman–Crippen MR) is 160 cm³/mol. The van der Waals surface area contributed by atoms with E-state index in [9.17, 15) is 0 Å². The Hall–Kier alpha value is -1.68. The summed E-state index contributed by atoms with van der Waals surface area (Å²) in [6.45, 7) is 22.6. The van der Waals surface area contributed by atoms with Crippen LogP contribution in [0.2, 0.25) is 0 Å². The fourth-order valence-corrected chi connectivity index (χ4v) is 9.60. The Labute approximate surface area is 241 Å². The van der Waals surface area contributed by atoms with Gasteiger partial charge in [-0.05, 0) is 87.6 Å². The molecule has 4 saturated heterocycles. The van der Waals surface area contributed by atoms with Crippen molar-refractivity contribution in [2.75, 3.05) is 37.7 Å². The number of hydrogen-bond donors (Lipinski definition) is 2. The summed E-state index contributed by atoms with van der Waals surface area (Å²) in [5.41, 5.74) is 6.92. The summed E-state index contributed by atoms with van der Waals surface area (Å²) < 4.78 is 5.65. The molecule has 4 bridgehead atoms. The minimum atomic E-state index is -0.924. The van der Waals surface area contributed by atoms with Gasteiger partial charge in [0, 0.05) is 29.7 Å². The van der Waals surface area contributed by atoms with Crippen LogP contribution in [-0.4, -0.2) is 86.6 Å². The minimum Gasteiger partial charge on any atom is -0.378 e. The van der Waals surface area contributed by atoms with Gasteiger partial charge in [-0.1, -0.05) is 19.3 Å². The number of aromatic nitrogens is 3. The predicted octanol–water partition coefficient (Wildman–Crippen LogP) is 3.70. The molecule has 0 radical (unpaired) electrons. The molecular weight excluding hydrogens is 500 g/mol. The molecule has 1 spiro atoms. The maximum atomic E-state index is 7.97. The van der Waals surface area contributed by atoms with Crippen molar-refractivity contribution in [3.8, 4) is 0 Å². The molecule has 0 aromatic carbocycles. The van der Waals surface area contributed by atoms with Crippen LogP contribution in [0.4, 0.5) is 5.95 Å². The van der Waals surface area contributed by atoms with Gasteiger partial charge in [0.25, 0.3) is 0 Å².